The Bertz CT molecular complexity index is 3640. The molecule has 8 aromatic carbocycles. The van der Waals surface area contributed by atoms with E-state index in [9.17, 15) is 5.11 Å². The van der Waals surface area contributed by atoms with Gasteiger partial charge in [-0.2, -0.15) is 0 Å². The third kappa shape index (κ3) is 7.23. The van der Waals surface area contributed by atoms with Gasteiger partial charge in [-0.25, -0.2) is 4.98 Å². The third-order valence-corrected chi connectivity index (χ3v) is 12.9. The summed E-state index contributed by atoms with van der Waals surface area (Å²) in [4.78, 5) is 10.5. The summed E-state index contributed by atoms with van der Waals surface area (Å²) in [7, 11) is 0. The molecule has 0 unspecified atom stereocenters. The summed E-state index contributed by atoms with van der Waals surface area (Å²) in [5, 5.41) is 17.0. The van der Waals surface area contributed by atoms with Crippen molar-refractivity contribution in [1.29, 1.82) is 0 Å². The van der Waals surface area contributed by atoms with Crippen LogP contribution in [-0.2, 0) is 31.9 Å². The van der Waals surface area contributed by atoms with Crippen LogP contribution >= 0.6 is 0 Å². The van der Waals surface area contributed by atoms with Crippen LogP contribution in [0.4, 0.5) is 0 Å². The molecular formula is C60H49N4OPt-. The van der Waals surface area contributed by atoms with Gasteiger partial charge in [-0.1, -0.05) is 168 Å². The van der Waals surface area contributed by atoms with Crippen LogP contribution in [0.15, 0.2) is 182 Å². The van der Waals surface area contributed by atoms with E-state index in [1.807, 2.05) is 6.20 Å². The Balaban J connectivity index is 0.00000511. The Hall–Kier alpha value is -7.07. The molecule has 5 nitrogen and oxygen atoms in total. The molecular weight excluding hydrogens is 988 g/mol. The Morgan fingerprint density at radius 1 is 0.530 bits per heavy atom. The average Bonchev–Trinajstić information content (AvgIpc) is 3.87. The number of aromatic hydroxyl groups is 1. The van der Waals surface area contributed by atoms with E-state index >= 15 is 0 Å². The SMILES string of the molecule is CC(C)(C)c1cc(-c2nc3c(-c4[c-]c(-c5cc(-c6cccc7c8ccccc8n(-c8ccccc8)c67)ccn5)ccc4)cccc3n2-c2cccc3ccccc23)c(O)c(C(C)(C)C)c1.[Pt]. The molecule has 11 aromatic rings. The molecule has 0 aliphatic rings. The summed E-state index contributed by atoms with van der Waals surface area (Å²) in [6, 6.07) is 65.7. The van der Waals surface area contributed by atoms with Gasteiger partial charge in [-0.3, -0.25) is 9.55 Å². The second-order valence-electron chi connectivity index (χ2n) is 19.2. The Labute approximate surface area is 400 Å². The zero-order valence-electron chi connectivity index (χ0n) is 37.9. The Morgan fingerprint density at radius 3 is 1.98 bits per heavy atom. The van der Waals surface area contributed by atoms with E-state index < -0.39 is 0 Å². The molecule has 11 rings (SSSR count). The first-order valence-corrected chi connectivity index (χ1v) is 22.4. The van der Waals surface area contributed by atoms with Crippen LogP contribution in [0.2, 0.25) is 0 Å². The van der Waals surface area contributed by atoms with Gasteiger partial charge in [0.15, 0.2) is 0 Å². The molecule has 0 saturated heterocycles. The minimum absolute atomic E-state index is 0. The number of pyridine rings is 1. The molecule has 6 heteroatoms. The average molecular weight is 1040 g/mol. The zero-order valence-corrected chi connectivity index (χ0v) is 40.1. The molecule has 1 N–H and O–H groups in total. The minimum atomic E-state index is -0.310. The minimum Gasteiger partial charge on any atom is -0.507 e. The maximum atomic E-state index is 12.3. The van der Waals surface area contributed by atoms with E-state index in [4.69, 9.17) is 9.97 Å². The topological polar surface area (TPSA) is 55.9 Å². The maximum absolute atomic E-state index is 12.3. The number of hydrogen-bond donors (Lipinski definition) is 1. The zero-order chi connectivity index (χ0) is 44.6. The summed E-state index contributed by atoms with van der Waals surface area (Å²) in [6.45, 7) is 13.1. The fourth-order valence-electron chi connectivity index (χ4n) is 9.57. The van der Waals surface area contributed by atoms with Gasteiger partial charge < -0.3 is 9.67 Å². The van der Waals surface area contributed by atoms with Crippen molar-refractivity contribution in [2.75, 3.05) is 0 Å². The maximum Gasteiger partial charge on any atom is 0.148 e. The predicted octanol–water partition coefficient (Wildman–Crippen LogP) is 15.4. The first-order chi connectivity index (χ1) is 31.4. The van der Waals surface area contributed by atoms with Crippen LogP contribution in [0.25, 0.3) is 99.9 Å². The Morgan fingerprint density at radius 2 is 1.18 bits per heavy atom. The second kappa shape index (κ2) is 16.4. The standard InChI is InChI=1S/C60H49N4O.Pt/c1-59(2,3)42-36-49(57(65)50(37-42)60(4,5)6)58-62-55-45(26-17-31-54(55)64(58)52-30-15-19-38-18-10-11-24-44(38)52)39-20-14-21-41(34-39)51-35-40(32-33-61-51)46-27-16-28-48-47-25-12-13-29-53(47)63(56(46)48)43-22-8-7-9-23-43;/h7-33,35-37,65H,1-6H3;/q-1;. The molecule has 0 saturated carbocycles. The molecule has 3 aromatic heterocycles. The van der Waals surface area contributed by atoms with Crippen molar-refractivity contribution in [2.24, 2.45) is 0 Å². The number of imidazole rings is 1. The molecule has 0 radical (unpaired) electrons. The molecule has 0 fully saturated rings. The fraction of sp³-hybridized carbons (Fsp3) is 0.133. The number of aromatic nitrogens is 4. The van der Waals surface area contributed by atoms with E-state index in [2.05, 4.69) is 233 Å². The summed E-state index contributed by atoms with van der Waals surface area (Å²) in [5.41, 5.74) is 14.2. The van der Waals surface area contributed by atoms with E-state index in [0.717, 1.165) is 83.3 Å². The molecule has 326 valence electrons. The predicted molar refractivity (Wildman–Crippen MR) is 270 cm³/mol. The molecule has 0 atom stereocenters. The van der Waals surface area contributed by atoms with Crippen molar-refractivity contribution in [3.8, 4) is 62.0 Å². The largest absolute Gasteiger partial charge is 0.507 e. The van der Waals surface area contributed by atoms with Gasteiger partial charge in [0, 0.05) is 65.9 Å². The smallest absolute Gasteiger partial charge is 0.148 e. The van der Waals surface area contributed by atoms with Crippen LogP contribution in [0.3, 0.4) is 0 Å². The van der Waals surface area contributed by atoms with Gasteiger partial charge in [0.05, 0.1) is 33.3 Å². The normalized spacial score (nSPS) is 12.0. The summed E-state index contributed by atoms with van der Waals surface area (Å²) < 4.78 is 4.61. The van der Waals surface area contributed by atoms with Crippen molar-refractivity contribution in [3.63, 3.8) is 0 Å². The van der Waals surface area contributed by atoms with E-state index in [1.54, 1.807) is 0 Å². The molecule has 66 heavy (non-hydrogen) atoms. The molecule has 0 aliphatic heterocycles. The van der Waals surface area contributed by atoms with Crippen LogP contribution < -0.4 is 0 Å². The molecule has 0 spiro atoms. The van der Waals surface area contributed by atoms with Crippen LogP contribution in [-0.4, -0.2) is 24.2 Å². The van der Waals surface area contributed by atoms with Crippen molar-refractivity contribution in [2.45, 2.75) is 52.4 Å². The number of fused-ring (bicyclic) bond motifs is 5. The number of para-hydroxylation sites is 4. The summed E-state index contributed by atoms with van der Waals surface area (Å²) in [5.74, 6) is 0.939. The van der Waals surface area contributed by atoms with Gasteiger partial charge in [0.2, 0.25) is 0 Å². The fourth-order valence-corrected chi connectivity index (χ4v) is 9.57. The van der Waals surface area contributed by atoms with Gasteiger partial charge >= 0.3 is 0 Å². The van der Waals surface area contributed by atoms with E-state index in [-0.39, 0.29) is 37.6 Å². The van der Waals surface area contributed by atoms with E-state index in [0.29, 0.717) is 11.4 Å². The van der Waals surface area contributed by atoms with Crippen LogP contribution in [0, 0.1) is 6.07 Å². The van der Waals surface area contributed by atoms with Crippen molar-refractivity contribution in [3.05, 3.63) is 199 Å². The van der Waals surface area contributed by atoms with Crippen molar-refractivity contribution < 1.29 is 26.2 Å². The monoisotopic (exact) mass is 1040 g/mol. The third-order valence-electron chi connectivity index (χ3n) is 12.9. The number of phenols is 1. The van der Waals surface area contributed by atoms with Gasteiger partial charge in [0.25, 0.3) is 0 Å². The van der Waals surface area contributed by atoms with Gasteiger partial charge in [-0.05, 0) is 69.8 Å². The number of rotatable bonds is 6. The van der Waals surface area contributed by atoms with Crippen molar-refractivity contribution in [1.82, 2.24) is 19.1 Å². The number of phenolic OH excluding ortho intramolecular Hbond substituents is 1. The van der Waals surface area contributed by atoms with Crippen LogP contribution in [0.5, 0.6) is 5.75 Å². The molecule has 0 aliphatic carbocycles. The first kappa shape index (κ1) is 42.9. The first-order valence-electron chi connectivity index (χ1n) is 22.4. The summed E-state index contributed by atoms with van der Waals surface area (Å²) >= 11 is 0. The van der Waals surface area contributed by atoms with Crippen molar-refractivity contribution >= 4 is 43.6 Å². The van der Waals surface area contributed by atoms with Gasteiger partial charge in [-0.15, -0.1) is 29.8 Å². The molecule has 0 amide bonds. The number of hydrogen-bond acceptors (Lipinski definition) is 3. The Kier molecular flexibility index (Phi) is 10.7. The van der Waals surface area contributed by atoms with Crippen LogP contribution in [0.1, 0.15) is 52.7 Å². The second-order valence-corrected chi connectivity index (χ2v) is 19.2. The van der Waals surface area contributed by atoms with E-state index in [1.165, 1.54) is 16.3 Å². The summed E-state index contributed by atoms with van der Waals surface area (Å²) in [6.07, 6.45) is 1.91. The quantitative estimate of drug-likeness (QED) is 0.169. The van der Waals surface area contributed by atoms with Gasteiger partial charge in [0.1, 0.15) is 11.6 Å². The number of benzene rings is 8. The molecule has 3 heterocycles. The number of nitrogens with zero attached hydrogens (tertiary/aromatic N) is 4. The molecule has 0 bridgehead atoms.